The van der Waals surface area contributed by atoms with Crippen LogP contribution in [0.1, 0.15) is 39.0 Å². The molecule has 0 saturated carbocycles. The third-order valence-corrected chi connectivity index (χ3v) is 1.76. The average molecular weight is 181 g/mol. The van der Waals surface area contributed by atoms with Gasteiger partial charge in [0.05, 0.1) is 0 Å². The zero-order valence-corrected chi connectivity index (χ0v) is 7.92. The highest BCUT2D eigenvalue weighted by Crippen LogP contribution is 2.05. The number of unbranched alkanes of at least 4 members (excludes halogenated alkanes) is 4. The largest absolute Gasteiger partial charge is 0.477 e. The van der Waals surface area contributed by atoms with Gasteiger partial charge >= 0.3 is 5.97 Å². The first-order valence-corrected chi connectivity index (χ1v) is 4.56. The first-order valence-electron chi connectivity index (χ1n) is 4.56. The third-order valence-electron chi connectivity index (χ3n) is 1.76. The van der Waals surface area contributed by atoms with Gasteiger partial charge in [-0.2, -0.15) is 5.26 Å². The summed E-state index contributed by atoms with van der Waals surface area (Å²) in [6.45, 7) is 2.12. The standard InChI is InChI=1S/C10H15NO2/c1-2-3-4-5-6-7-9(8-11)10(12)13/h7H,2-6H2,1H3,(H,12,13)/b9-7-. The van der Waals surface area contributed by atoms with Crippen LogP contribution < -0.4 is 0 Å². The van der Waals surface area contributed by atoms with E-state index in [1.165, 1.54) is 12.5 Å². The Labute approximate surface area is 78.7 Å². The van der Waals surface area contributed by atoms with Crippen molar-refractivity contribution in [3.63, 3.8) is 0 Å². The van der Waals surface area contributed by atoms with Gasteiger partial charge in [0.25, 0.3) is 0 Å². The molecule has 0 rings (SSSR count). The minimum absolute atomic E-state index is 0.142. The van der Waals surface area contributed by atoms with Crippen molar-refractivity contribution in [3.05, 3.63) is 11.6 Å². The summed E-state index contributed by atoms with van der Waals surface area (Å²) in [4.78, 5) is 10.4. The lowest BCUT2D eigenvalue weighted by molar-refractivity contribution is -0.132. The van der Waals surface area contributed by atoms with Gasteiger partial charge in [-0.25, -0.2) is 4.79 Å². The molecule has 0 aromatic carbocycles. The molecule has 0 aliphatic carbocycles. The minimum atomic E-state index is -1.13. The number of allylic oxidation sites excluding steroid dienone is 1. The molecule has 0 aliphatic heterocycles. The molecule has 0 aromatic rings. The smallest absolute Gasteiger partial charge is 0.346 e. The molecule has 0 aromatic heterocycles. The van der Waals surface area contributed by atoms with Gasteiger partial charge in [0.15, 0.2) is 0 Å². The Bertz CT molecular complexity index is 226. The highest BCUT2D eigenvalue weighted by atomic mass is 16.4. The van der Waals surface area contributed by atoms with E-state index in [0.29, 0.717) is 6.42 Å². The second-order valence-corrected chi connectivity index (χ2v) is 2.88. The third kappa shape index (κ3) is 5.92. The number of hydrogen-bond acceptors (Lipinski definition) is 2. The van der Waals surface area contributed by atoms with Gasteiger partial charge in [-0.1, -0.05) is 32.3 Å². The number of hydrogen-bond donors (Lipinski definition) is 1. The summed E-state index contributed by atoms with van der Waals surface area (Å²) >= 11 is 0. The van der Waals surface area contributed by atoms with Gasteiger partial charge in [-0.05, 0) is 12.8 Å². The number of rotatable bonds is 6. The SMILES string of the molecule is CCCCCC/C=C(/C#N)C(=O)O. The predicted molar refractivity (Wildman–Crippen MR) is 50.1 cm³/mol. The molecule has 3 heteroatoms. The van der Waals surface area contributed by atoms with Gasteiger partial charge in [0.2, 0.25) is 0 Å². The Morgan fingerprint density at radius 1 is 1.46 bits per heavy atom. The van der Waals surface area contributed by atoms with Crippen LogP contribution in [0.5, 0.6) is 0 Å². The quantitative estimate of drug-likeness (QED) is 0.389. The van der Waals surface area contributed by atoms with Crippen LogP contribution in [0.25, 0.3) is 0 Å². The molecule has 0 amide bonds. The second kappa shape index (κ2) is 7.35. The summed E-state index contributed by atoms with van der Waals surface area (Å²) in [5.41, 5.74) is -0.142. The Morgan fingerprint density at radius 3 is 2.62 bits per heavy atom. The van der Waals surface area contributed by atoms with Crippen molar-refractivity contribution in [2.75, 3.05) is 0 Å². The molecule has 0 bridgehead atoms. The van der Waals surface area contributed by atoms with Gasteiger partial charge in [0, 0.05) is 0 Å². The van der Waals surface area contributed by atoms with E-state index in [1.807, 2.05) is 0 Å². The second-order valence-electron chi connectivity index (χ2n) is 2.88. The van der Waals surface area contributed by atoms with Gasteiger partial charge in [0.1, 0.15) is 11.6 Å². The maximum absolute atomic E-state index is 10.4. The first kappa shape index (κ1) is 11.7. The lowest BCUT2D eigenvalue weighted by Gasteiger charge is -1.94. The van der Waals surface area contributed by atoms with E-state index in [2.05, 4.69) is 6.92 Å². The van der Waals surface area contributed by atoms with Crippen molar-refractivity contribution in [1.29, 1.82) is 5.26 Å². The molecule has 0 unspecified atom stereocenters. The average Bonchev–Trinajstić information content (AvgIpc) is 2.10. The number of aliphatic carboxylic acids is 1. The first-order chi connectivity index (χ1) is 6.22. The zero-order chi connectivity index (χ0) is 10.1. The van der Waals surface area contributed by atoms with Crippen molar-refractivity contribution in [2.45, 2.75) is 39.0 Å². The maximum Gasteiger partial charge on any atom is 0.346 e. The molecular formula is C10H15NO2. The fourth-order valence-electron chi connectivity index (χ4n) is 0.998. The Morgan fingerprint density at radius 2 is 2.15 bits per heavy atom. The molecule has 0 fully saturated rings. The molecule has 3 nitrogen and oxygen atoms in total. The van der Waals surface area contributed by atoms with Crippen molar-refractivity contribution in [3.8, 4) is 6.07 Å². The monoisotopic (exact) mass is 181 g/mol. The van der Waals surface area contributed by atoms with Gasteiger partial charge < -0.3 is 5.11 Å². The molecule has 0 heterocycles. The molecule has 0 spiro atoms. The van der Waals surface area contributed by atoms with Crippen LogP contribution in [-0.4, -0.2) is 11.1 Å². The van der Waals surface area contributed by atoms with Crippen LogP contribution >= 0.6 is 0 Å². The Hall–Kier alpha value is -1.30. The highest BCUT2D eigenvalue weighted by molar-refractivity contribution is 5.90. The maximum atomic E-state index is 10.4. The summed E-state index contributed by atoms with van der Waals surface area (Å²) in [5.74, 6) is -1.13. The Kier molecular flexibility index (Phi) is 6.62. The normalized spacial score (nSPS) is 10.9. The molecule has 0 radical (unpaired) electrons. The molecule has 1 N–H and O–H groups in total. The van der Waals surface area contributed by atoms with E-state index >= 15 is 0 Å². The van der Waals surface area contributed by atoms with Crippen LogP contribution in [-0.2, 0) is 4.79 Å². The number of carbonyl (C=O) groups is 1. The van der Waals surface area contributed by atoms with Crippen LogP contribution in [0.15, 0.2) is 11.6 Å². The van der Waals surface area contributed by atoms with E-state index in [-0.39, 0.29) is 5.57 Å². The topological polar surface area (TPSA) is 61.1 Å². The summed E-state index contributed by atoms with van der Waals surface area (Å²) < 4.78 is 0. The van der Waals surface area contributed by atoms with Gasteiger partial charge in [-0.3, -0.25) is 0 Å². The molecule has 0 saturated heterocycles. The van der Waals surface area contributed by atoms with E-state index in [9.17, 15) is 4.79 Å². The van der Waals surface area contributed by atoms with Crippen LogP contribution in [0.3, 0.4) is 0 Å². The van der Waals surface area contributed by atoms with Crippen molar-refractivity contribution in [1.82, 2.24) is 0 Å². The molecule has 13 heavy (non-hydrogen) atoms. The van der Waals surface area contributed by atoms with Crippen molar-refractivity contribution >= 4 is 5.97 Å². The van der Waals surface area contributed by atoms with Gasteiger partial charge in [-0.15, -0.1) is 0 Å². The van der Waals surface area contributed by atoms with E-state index in [1.54, 1.807) is 6.07 Å². The van der Waals surface area contributed by atoms with Crippen molar-refractivity contribution < 1.29 is 9.90 Å². The lowest BCUT2D eigenvalue weighted by atomic mass is 10.1. The fraction of sp³-hybridized carbons (Fsp3) is 0.600. The lowest BCUT2D eigenvalue weighted by Crippen LogP contribution is -1.97. The molecule has 0 atom stereocenters. The minimum Gasteiger partial charge on any atom is -0.477 e. The summed E-state index contributed by atoms with van der Waals surface area (Å²) in [6, 6.07) is 1.65. The van der Waals surface area contributed by atoms with E-state index in [0.717, 1.165) is 19.3 Å². The molecule has 72 valence electrons. The molecule has 0 aliphatic rings. The van der Waals surface area contributed by atoms with Crippen LogP contribution in [0.2, 0.25) is 0 Å². The number of carboxylic acids is 1. The van der Waals surface area contributed by atoms with Crippen LogP contribution in [0.4, 0.5) is 0 Å². The zero-order valence-electron chi connectivity index (χ0n) is 7.92. The van der Waals surface area contributed by atoms with Crippen molar-refractivity contribution in [2.24, 2.45) is 0 Å². The van der Waals surface area contributed by atoms with E-state index in [4.69, 9.17) is 10.4 Å². The van der Waals surface area contributed by atoms with E-state index < -0.39 is 5.97 Å². The van der Waals surface area contributed by atoms with Crippen LogP contribution in [0, 0.1) is 11.3 Å². The Balaban J connectivity index is 3.70. The number of carboxylic acid groups (broad SMARTS) is 1. The summed E-state index contributed by atoms with van der Waals surface area (Å²) in [7, 11) is 0. The summed E-state index contributed by atoms with van der Waals surface area (Å²) in [5, 5.41) is 16.9. The highest BCUT2D eigenvalue weighted by Gasteiger charge is 2.03. The number of nitrogens with zero attached hydrogens (tertiary/aromatic N) is 1. The predicted octanol–water partition coefficient (Wildman–Crippen LogP) is 2.49. The molecular weight excluding hydrogens is 166 g/mol. The summed E-state index contributed by atoms with van der Waals surface area (Å²) in [6.07, 6.45) is 6.58. The number of nitriles is 1. The fourth-order valence-corrected chi connectivity index (χ4v) is 0.998.